The fourth-order valence-electron chi connectivity index (χ4n) is 2.92. The fraction of sp³-hybridized carbons (Fsp3) is 0.286. The molecule has 3 nitrogen and oxygen atoms in total. The Bertz CT molecular complexity index is 859. The lowest BCUT2D eigenvalue weighted by Gasteiger charge is -2.14. The molecule has 0 aliphatic carbocycles. The zero-order valence-corrected chi connectivity index (χ0v) is 16.5. The zero-order valence-electron chi connectivity index (χ0n) is 15.0. The third-order valence-corrected chi connectivity index (χ3v) is 4.94. The van der Waals surface area contributed by atoms with E-state index < -0.39 is 0 Å². The molecule has 3 aromatic rings. The van der Waals surface area contributed by atoms with E-state index in [1.54, 1.807) is 6.07 Å². The molecule has 136 valence electrons. The molecule has 0 aliphatic rings. The first-order valence-corrected chi connectivity index (χ1v) is 9.40. The molecule has 1 atom stereocenters. The first-order chi connectivity index (χ1) is 12.5. The van der Waals surface area contributed by atoms with Gasteiger partial charge in [0.05, 0.1) is 0 Å². The molecule has 5 heteroatoms. The third-order valence-electron chi connectivity index (χ3n) is 4.35. The molecule has 0 N–H and O–H groups in total. The van der Waals surface area contributed by atoms with Gasteiger partial charge >= 0.3 is 0 Å². The van der Waals surface area contributed by atoms with Crippen molar-refractivity contribution in [3.05, 3.63) is 81.9 Å². The number of ether oxygens (including phenoxy) is 1. The topological polar surface area (TPSA) is 27.1 Å². The van der Waals surface area contributed by atoms with Crippen molar-refractivity contribution < 1.29 is 4.74 Å². The highest BCUT2D eigenvalue weighted by Gasteiger charge is 2.07. The second kappa shape index (κ2) is 8.61. The van der Waals surface area contributed by atoms with Crippen LogP contribution in [0, 0.1) is 12.8 Å². The van der Waals surface area contributed by atoms with Crippen LogP contribution in [-0.2, 0) is 19.6 Å². The van der Waals surface area contributed by atoms with Crippen LogP contribution >= 0.6 is 23.2 Å². The minimum atomic E-state index is 0.422. The van der Waals surface area contributed by atoms with E-state index in [1.165, 1.54) is 5.56 Å². The first-order valence-electron chi connectivity index (χ1n) is 8.64. The minimum absolute atomic E-state index is 0.422. The molecule has 3 rings (SSSR count). The van der Waals surface area contributed by atoms with Crippen molar-refractivity contribution in [3.63, 3.8) is 0 Å². The third kappa shape index (κ3) is 5.03. The number of aromatic nitrogens is 2. The van der Waals surface area contributed by atoms with Gasteiger partial charge in [-0.25, -0.2) is 4.98 Å². The van der Waals surface area contributed by atoms with E-state index in [1.807, 2.05) is 43.6 Å². The van der Waals surface area contributed by atoms with Crippen molar-refractivity contribution in [2.24, 2.45) is 5.92 Å². The van der Waals surface area contributed by atoms with Gasteiger partial charge in [-0.15, -0.1) is 0 Å². The molecule has 0 amide bonds. The minimum Gasteiger partial charge on any atom is -0.489 e. The average Bonchev–Trinajstić information content (AvgIpc) is 3.00. The van der Waals surface area contributed by atoms with Gasteiger partial charge in [-0.1, -0.05) is 48.3 Å². The summed E-state index contributed by atoms with van der Waals surface area (Å²) in [5.41, 5.74) is 2.22. The van der Waals surface area contributed by atoms with Crippen LogP contribution in [0.3, 0.4) is 0 Å². The van der Waals surface area contributed by atoms with Crippen molar-refractivity contribution >= 4 is 23.2 Å². The van der Waals surface area contributed by atoms with Gasteiger partial charge in [0.1, 0.15) is 18.2 Å². The Hall–Kier alpha value is -1.97. The van der Waals surface area contributed by atoms with Gasteiger partial charge in [-0.2, -0.15) is 0 Å². The van der Waals surface area contributed by atoms with E-state index in [4.69, 9.17) is 27.9 Å². The Morgan fingerprint density at radius 2 is 1.88 bits per heavy atom. The second-order valence-corrected chi connectivity index (χ2v) is 7.45. The molecule has 2 aromatic carbocycles. The van der Waals surface area contributed by atoms with Gasteiger partial charge in [-0.05, 0) is 49.1 Å². The summed E-state index contributed by atoms with van der Waals surface area (Å²) in [6, 6.07) is 13.7. The highest BCUT2D eigenvalue weighted by atomic mass is 35.5. The number of hydrogen-bond acceptors (Lipinski definition) is 2. The summed E-state index contributed by atoms with van der Waals surface area (Å²) in [6.45, 7) is 5.68. The van der Waals surface area contributed by atoms with E-state index in [2.05, 4.69) is 28.6 Å². The highest BCUT2D eigenvalue weighted by molar-refractivity contribution is 6.35. The molecule has 1 aromatic heterocycles. The maximum Gasteiger partial charge on any atom is 0.119 e. The maximum absolute atomic E-state index is 6.18. The van der Waals surface area contributed by atoms with Crippen molar-refractivity contribution in [2.75, 3.05) is 0 Å². The summed E-state index contributed by atoms with van der Waals surface area (Å²) in [5.74, 6) is 2.42. The van der Waals surface area contributed by atoms with Gasteiger partial charge in [0.15, 0.2) is 0 Å². The monoisotopic (exact) mass is 388 g/mol. The predicted octanol–water partition coefficient (Wildman–Crippen LogP) is 5.96. The Kier molecular flexibility index (Phi) is 6.23. The van der Waals surface area contributed by atoms with Crippen LogP contribution in [0.2, 0.25) is 10.0 Å². The lowest BCUT2D eigenvalue weighted by atomic mass is 10.0. The molecule has 0 radical (unpaired) electrons. The zero-order chi connectivity index (χ0) is 18.5. The molecule has 0 bridgehead atoms. The van der Waals surface area contributed by atoms with Crippen LogP contribution in [0.1, 0.15) is 23.9 Å². The lowest BCUT2D eigenvalue weighted by Crippen LogP contribution is -2.10. The molecule has 1 heterocycles. The van der Waals surface area contributed by atoms with Crippen molar-refractivity contribution in [1.29, 1.82) is 0 Å². The van der Waals surface area contributed by atoms with E-state index in [0.717, 1.165) is 30.1 Å². The Labute approximate surface area is 164 Å². The second-order valence-electron chi connectivity index (χ2n) is 6.60. The van der Waals surface area contributed by atoms with Crippen LogP contribution < -0.4 is 4.74 Å². The fourth-order valence-corrected chi connectivity index (χ4v) is 3.38. The molecule has 26 heavy (non-hydrogen) atoms. The molecule has 0 saturated carbocycles. The van der Waals surface area contributed by atoms with Gasteiger partial charge in [0.2, 0.25) is 0 Å². The van der Waals surface area contributed by atoms with E-state index in [0.29, 0.717) is 22.6 Å². The molecular formula is C21H22Cl2N2O. The largest absolute Gasteiger partial charge is 0.489 e. The summed E-state index contributed by atoms with van der Waals surface area (Å²) in [4.78, 5) is 4.27. The summed E-state index contributed by atoms with van der Waals surface area (Å²) in [6.07, 6.45) is 4.90. The molecule has 0 aliphatic heterocycles. The average molecular weight is 389 g/mol. The number of rotatable bonds is 7. The SMILES string of the molecule is Cc1nccn1CC(C)Cc1ccc(OCc2ccc(Cl)cc2Cl)cc1. The molecule has 0 spiro atoms. The van der Waals surface area contributed by atoms with Crippen LogP contribution in [-0.4, -0.2) is 9.55 Å². The van der Waals surface area contributed by atoms with Gasteiger partial charge in [0, 0.05) is 34.5 Å². The Morgan fingerprint density at radius 1 is 1.12 bits per heavy atom. The van der Waals surface area contributed by atoms with Crippen LogP contribution in [0.5, 0.6) is 5.75 Å². The van der Waals surface area contributed by atoms with Crippen molar-refractivity contribution in [3.8, 4) is 5.75 Å². The lowest BCUT2D eigenvalue weighted by molar-refractivity contribution is 0.306. The number of halogens is 2. The summed E-state index contributed by atoms with van der Waals surface area (Å²) in [7, 11) is 0. The number of nitrogens with zero attached hydrogens (tertiary/aromatic N) is 2. The van der Waals surface area contributed by atoms with E-state index >= 15 is 0 Å². The van der Waals surface area contributed by atoms with Crippen LogP contribution in [0.15, 0.2) is 54.9 Å². The van der Waals surface area contributed by atoms with Gasteiger partial charge < -0.3 is 9.30 Å². The van der Waals surface area contributed by atoms with Crippen LogP contribution in [0.25, 0.3) is 0 Å². The molecule has 0 fully saturated rings. The maximum atomic E-state index is 6.18. The predicted molar refractivity (Wildman–Crippen MR) is 107 cm³/mol. The number of imidazole rings is 1. The van der Waals surface area contributed by atoms with E-state index in [-0.39, 0.29) is 0 Å². The van der Waals surface area contributed by atoms with Gasteiger partial charge in [0.25, 0.3) is 0 Å². The standard InChI is InChI=1S/C21H22Cl2N2O/c1-15(13-25-10-9-24-16(25)2)11-17-3-7-20(8-4-17)26-14-18-5-6-19(22)12-21(18)23/h3-10,12,15H,11,13-14H2,1-2H3. The number of aryl methyl sites for hydroxylation is 1. The Balaban J connectivity index is 1.53. The smallest absolute Gasteiger partial charge is 0.119 e. The molecule has 1 unspecified atom stereocenters. The number of hydrogen-bond donors (Lipinski definition) is 0. The quantitative estimate of drug-likeness (QED) is 0.499. The number of benzene rings is 2. The molecule has 0 saturated heterocycles. The van der Waals surface area contributed by atoms with Crippen molar-refractivity contribution in [1.82, 2.24) is 9.55 Å². The molecular weight excluding hydrogens is 367 g/mol. The first kappa shape index (κ1) is 18.8. The van der Waals surface area contributed by atoms with E-state index in [9.17, 15) is 0 Å². The van der Waals surface area contributed by atoms with Crippen LogP contribution in [0.4, 0.5) is 0 Å². The summed E-state index contributed by atoms with van der Waals surface area (Å²) < 4.78 is 8.03. The van der Waals surface area contributed by atoms with Gasteiger partial charge in [-0.3, -0.25) is 0 Å². The highest BCUT2D eigenvalue weighted by Crippen LogP contribution is 2.23. The Morgan fingerprint density at radius 3 is 2.54 bits per heavy atom. The van der Waals surface area contributed by atoms with Crippen molar-refractivity contribution in [2.45, 2.75) is 33.4 Å². The normalized spacial score (nSPS) is 12.2. The summed E-state index contributed by atoms with van der Waals surface area (Å²) >= 11 is 12.1. The summed E-state index contributed by atoms with van der Waals surface area (Å²) in [5, 5.41) is 1.25.